The number of ketones is 1. The summed E-state index contributed by atoms with van der Waals surface area (Å²) in [7, 11) is -2.55. The number of esters is 1. The number of halogens is 2. The number of rotatable bonds is 6. The Hall–Kier alpha value is -2.29. The van der Waals surface area contributed by atoms with Crippen LogP contribution in [0.1, 0.15) is 20.7 Å². The third-order valence-electron chi connectivity index (χ3n) is 3.22. The zero-order chi connectivity index (χ0) is 18.6. The average molecular weight is 386 g/mol. The number of carbonyl (C=O) groups excluding carboxylic acids is 2. The lowest BCUT2D eigenvalue weighted by Crippen LogP contribution is -2.20. The van der Waals surface area contributed by atoms with Crippen molar-refractivity contribution in [2.24, 2.45) is 0 Å². The molecule has 2 rings (SSSR count). The number of hydrogen-bond acceptors (Lipinski definition) is 5. The van der Waals surface area contributed by atoms with Gasteiger partial charge in [-0.2, -0.15) is 0 Å². The maximum Gasteiger partial charge on any atom is 0.340 e. The predicted molar refractivity (Wildman–Crippen MR) is 88.7 cm³/mol. The van der Waals surface area contributed by atoms with Crippen LogP contribution < -0.4 is 4.72 Å². The zero-order valence-corrected chi connectivity index (χ0v) is 14.5. The summed E-state index contributed by atoms with van der Waals surface area (Å²) >= 11 is 5.89. The van der Waals surface area contributed by atoms with E-state index in [0.29, 0.717) is 0 Å². The standard InChI is InChI=1S/C16H13ClFNO5S/c1-19-25(22,23)12-5-6-14(17)13(8-12)16(21)24-9-15(20)10-3-2-4-11(18)7-10/h2-8,19H,9H2,1H3. The molecule has 0 saturated heterocycles. The van der Waals surface area contributed by atoms with Crippen molar-refractivity contribution in [3.63, 3.8) is 0 Å². The van der Waals surface area contributed by atoms with Crippen LogP contribution >= 0.6 is 11.6 Å². The second kappa shape index (κ2) is 7.73. The molecule has 0 spiro atoms. The van der Waals surface area contributed by atoms with E-state index in [1.807, 2.05) is 0 Å². The van der Waals surface area contributed by atoms with E-state index in [2.05, 4.69) is 4.72 Å². The molecule has 0 heterocycles. The van der Waals surface area contributed by atoms with Crippen LogP contribution in [0.25, 0.3) is 0 Å². The van der Waals surface area contributed by atoms with Crippen molar-refractivity contribution in [1.29, 1.82) is 0 Å². The molecule has 0 radical (unpaired) electrons. The fourth-order valence-electron chi connectivity index (χ4n) is 1.90. The van der Waals surface area contributed by atoms with E-state index in [4.69, 9.17) is 16.3 Å². The molecule has 132 valence electrons. The van der Waals surface area contributed by atoms with Crippen LogP contribution in [0.4, 0.5) is 4.39 Å². The molecule has 2 aromatic rings. The Kier molecular flexibility index (Phi) is 5.89. The summed E-state index contributed by atoms with van der Waals surface area (Å²) in [6.07, 6.45) is 0. The van der Waals surface area contributed by atoms with Crippen LogP contribution in [0, 0.1) is 5.82 Å². The van der Waals surface area contributed by atoms with Crippen LogP contribution in [0.5, 0.6) is 0 Å². The molecule has 0 aromatic heterocycles. The fraction of sp³-hybridized carbons (Fsp3) is 0.125. The molecule has 1 N–H and O–H groups in total. The van der Waals surface area contributed by atoms with Crippen LogP contribution in [0.3, 0.4) is 0 Å². The molecule has 9 heteroatoms. The molecule has 2 aromatic carbocycles. The van der Waals surface area contributed by atoms with Crippen LogP contribution in [0.2, 0.25) is 5.02 Å². The van der Waals surface area contributed by atoms with Gasteiger partial charge in [-0.15, -0.1) is 0 Å². The number of Topliss-reactive ketones (excluding diaryl/α,β-unsaturated/α-hetero) is 1. The van der Waals surface area contributed by atoms with Crippen molar-refractivity contribution in [3.8, 4) is 0 Å². The Balaban J connectivity index is 2.16. The van der Waals surface area contributed by atoms with E-state index in [1.54, 1.807) is 0 Å². The smallest absolute Gasteiger partial charge is 0.340 e. The van der Waals surface area contributed by atoms with Gasteiger partial charge in [-0.05, 0) is 37.4 Å². The summed E-state index contributed by atoms with van der Waals surface area (Å²) in [5.74, 6) is -2.17. The largest absolute Gasteiger partial charge is 0.454 e. The molecule has 0 aliphatic rings. The molecule has 0 unspecified atom stereocenters. The Bertz CT molecular complexity index is 930. The molecule has 0 bridgehead atoms. The summed E-state index contributed by atoms with van der Waals surface area (Å²) < 4.78 is 43.6. The summed E-state index contributed by atoms with van der Waals surface area (Å²) in [6, 6.07) is 8.43. The fourth-order valence-corrected chi connectivity index (χ4v) is 2.85. The van der Waals surface area contributed by atoms with E-state index in [0.717, 1.165) is 12.1 Å². The Labute approximate surface area is 148 Å². The number of carbonyl (C=O) groups is 2. The summed E-state index contributed by atoms with van der Waals surface area (Å²) in [4.78, 5) is 23.8. The zero-order valence-electron chi connectivity index (χ0n) is 13.0. The highest BCUT2D eigenvalue weighted by atomic mass is 35.5. The minimum absolute atomic E-state index is 0.0294. The summed E-state index contributed by atoms with van der Waals surface area (Å²) in [5.41, 5.74) is -0.157. The van der Waals surface area contributed by atoms with Crippen LogP contribution in [-0.2, 0) is 14.8 Å². The minimum Gasteiger partial charge on any atom is -0.454 e. The molecule has 0 aliphatic heterocycles. The summed E-state index contributed by atoms with van der Waals surface area (Å²) in [5, 5.41) is -0.0294. The van der Waals surface area contributed by atoms with Gasteiger partial charge in [-0.3, -0.25) is 4.79 Å². The van der Waals surface area contributed by atoms with Crippen molar-refractivity contribution in [1.82, 2.24) is 4.72 Å². The Morgan fingerprint density at radius 3 is 2.56 bits per heavy atom. The van der Waals surface area contributed by atoms with Gasteiger partial charge in [0.05, 0.1) is 15.5 Å². The number of sulfonamides is 1. The lowest BCUT2D eigenvalue weighted by molar-refractivity contribution is 0.0474. The lowest BCUT2D eigenvalue weighted by Gasteiger charge is -2.08. The second-order valence-electron chi connectivity index (χ2n) is 4.86. The summed E-state index contributed by atoms with van der Waals surface area (Å²) in [6.45, 7) is -0.637. The molecule has 25 heavy (non-hydrogen) atoms. The first kappa shape index (κ1) is 19.0. The van der Waals surface area contributed by atoms with Gasteiger partial charge in [0.1, 0.15) is 5.82 Å². The van der Waals surface area contributed by atoms with Gasteiger partial charge in [0.2, 0.25) is 10.0 Å². The topological polar surface area (TPSA) is 89.5 Å². The molecule has 0 fully saturated rings. The van der Waals surface area contributed by atoms with E-state index < -0.39 is 34.2 Å². The van der Waals surface area contributed by atoms with Gasteiger partial charge in [0.25, 0.3) is 0 Å². The monoisotopic (exact) mass is 385 g/mol. The van der Waals surface area contributed by atoms with Gasteiger partial charge in [0, 0.05) is 5.56 Å². The lowest BCUT2D eigenvalue weighted by atomic mass is 10.1. The third-order valence-corrected chi connectivity index (χ3v) is 4.96. The maximum absolute atomic E-state index is 13.1. The quantitative estimate of drug-likeness (QED) is 0.609. The number of nitrogens with one attached hydrogen (secondary N) is 1. The maximum atomic E-state index is 13.1. The van der Waals surface area contributed by atoms with Gasteiger partial charge >= 0.3 is 5.97 Å². The molecular formula is C16H13ClFNO5S. The van der Waals surface area contributed by atoms with E-state index >= 15 is 0 Å². The SMILES string of the molecule is CNS(=O)(=O)c1ccc(Cl)c(C(=O)OCC(=O)c2cccc(F)c2)c1. The average Bonchev–Trinajstić information content (AvgIpc) is 2.59. The second-order valence-corrected chi connectivity index (χ2v) is 7.15. The van der Waals surface area contributed by atoms with Gasteiger partial charge in [-0.25, -0.2) is 22.3 Å². The Morgan fingerprint density at radius 2 is 1.92 bits per heavy atom. The van der Waals surface area contributed by atoms with Crippen LogP contribution in [-0.4, -0.2) is 33.8 Å². The van der Waals surface area contributed by atoms with E-state index in [-0.39, 0.29) is 21.0 Å². The van der Waals surface area contributed by atoms with Gasteiger partial charge in [-0.1, -0.05) is 23.7 Å². The van der Waals surface area contributed by atoms with Gasteiger partial charge in [0.15, 0.2) is 12.4 Å². The first-order valence-electron chi connectivity index (χ1n) is 6.93. The molecule has 6 nitrogen and oxygen atoms in total. The molecular weight excluding hydrogens is 373 g/mol. The molecule has 0 aliphatic carbocycles. The number of hydrogen-bond donors (Lipinski definition) is 1. The predicted octanol–water partition coefficient (Wildman–Crippen LogP) is 2.43. The molecule has 0 saturated carbocycles. The van der Waals surface area contributed by atoms with Gasteiger partial charge < -0.3 is 4.74 Å². The van der Waals surface area contributed by atoms with Crippen molar-refractivity contribution in [2.45, 2.75) is 4.90 Å². The van der Waals surface area contributed by atoms with E-state index in [1.165, 1.54) is 37.4 Å². The highest BCUT2D eigenvalue weighted by molar-refractivity contribution is 7.89. The highest BCUT2D eigenvalue weighted by Crippen LogP contribution is 2.21. The van der Waals surface area contributed by atoms with Crippen molar-refractivity contribution < 1.29 is 27.1 Å². The normalized spacial score (nSPS) is 11.2. The Morgan fingerprint density at radius 1 is 1.20 bits per heavy atom. The van der Waals surface area contributed by atoms with E-state index in [9.17, 15) is 22.4 Å². The molecule has 0 atom stereocenters. The first-order chi connectivity index (χ1) is 11.7. The van der Waals surface area contributed by atoms with Crippen molar-refractivity contribution in [2.75, 3.05) is 13.7 Å². The number of benzene rings is 2. The highest BCUT2D eigenvalue weighted by Gasteiger charge is 2.19. The molecule has 0 amide bonds. The number of ether oxygens (including phenoxy) is 1. The third kappa shape index (κ3) is 4.62. The van der Waals surface area contributed by atoms with Crippen molar-refractivity contribution >= 4 is 33.4 Å². The minimum atomic E-state index is -3.78. The van der Waals surface area contributed by atoms with Crippen molar-refractivity contribution in [3.05, 3.63) is 64.4 Å². The van der Waals surface area contributed by atoms with Crippen LogP contribution in [0.15, 0.2) is 47.4 Å². The first-order valence-corrected chi connectivity index (χ1v) is 8.79.